The van der Waals surface area contributed by atoms with E-state index >= 15 is 0 Å². The highest BCUT2D eigenvalue weighted by molar-refractivity contribution is 14.0. The van der Waals surface area contributed by atoms with Crippen molar-refractivity contribution in [3.8, 4) is 0 Å². The fourth-order valence-corrected chi connectivity index (χ4v) is 2.35. The molecule has 0 unspecified atom stereocenters. The molecule has 0 saturated carbocycles. The Labute approximate surface area is 153 Å². The van der Waals surface area contributed by atoms with Gasteiger partial charge in [0, 0.05) is 44.9 Å². The fraction of sp³-hybridized carbons (Fsp3) is 0.643. The average Bonchev–Trinajstić information content (AvgIpc) is 2.89. The van der Waals surface area contributed by atoms with Gasteiger partial charge in [0.15, 0.2) is 5.96 Å². The van der Waals surface area contributed by atoms with Crippen LogP contribution in [0.4, 0.5) is 0 Å². The molecule has 0 saturated heterocycles. The third kappa shape index (κ3) is 9.19. The molecule has 22 heavy (non-hydrogen) atoms. The highest BCUT2D eigenvalue weighted by Crippen LogP contribution is 2.07. The summed E-state index contributed by atoms with van der Waals surface area (Å²) in [4.78, 5) is 20.0. The first-order valence-corrected chi connectivity index (χ1v) is 8.16. The summed E-state index contributed by atoms with van der Waals surface area (Å²) >= 11 is 1.66. The van der Waals surface area contributed by atoms with Gasteiger partial charge < -0.3 is 16.0 Å². The number of rotatable bonds is 8. The summed E-state index contributed by atoms with van der Waals surface area (Å²) in [7, 11) is 1.72. The second kappa shape index (κ2) is 12.6. The van der Waals surface area contributed by atoms with Crippen LogP contribution in [-0.4, -0.2) is 43.5 Å². The van der Waals surface area contributed by atoms with Crippen LogP contribution in [0.15, 0.2) is 10.4 Å². The molecule has 1 aromatic heterocycles. The molecule has 3 N–H and O–H groups in total. The van der Waals surface area contributed by atoms with Gasteiger partial charge in [0.05, 0.1) is 10.7 Å². The number of halogens is 1. The number of aliphatic imine (C=N–C) groups is 1. The first-order valence-electron chi connectivity index (χ1n) is 7.28. The lowest BCUT2D eigenvalue weighted by atomic mass is 10.3. The molecule has 1 amide bonds. The molecule has 1 heterocycles. The summed E-state index contributed by atoms with van der Waals surface area (Å²) < 4.78 is 0. The molecule has 1 aromatic rings. The summed E-state index contributed by atoms with van der Waals surface area (Å²) in [6, 6.07) is 0. The van der Waals surface area contributed by atoms with Crippen LogP contribution in [0.5, 0.6) is 0 Å². The number of guanidine groups is 1. The van der Waals surface area contributed by atoms with Gasteiger partial charge in [0.2, 0.25) is 5.91 Å². The monoisotopic (exact) mass is 439 g/mol. The van der Waals surface area contributed by atoms with Crippen molar-refractivity contribution < 1.29 is 4.79 Å². The lowest BCUT2D eigenvalue weighted by molar-refractivity contribution is -0.120. The van der Waals surface area contributed by atoms with Gasteiger partial charge in [-0.25, -0.2) is 4.98 Å². The van der Waals surface area contributed by atoms with E-state index in [9.17, 15) is 4.79 Å². The molecular formula is C14H26IN5OS. The van der Waals surface area contributed by atoms with E-state index in [2.05, 4.69) is 31.3 Å². The van der Waals surface area contributed by atoms with Crippen LogP contribution in [0.2, 0.25) is 0 Å². The first kappa shape index (κ1) is 21.1. The molecule has 0 radical (unpaired) electrons. The maximum absolute atomic E-state index is 11.5. The number of aryl methyl sites for hydroxylation is 1. The Balaban J connectivity index is 0.00000441. The number of amides is 1. The van der Waals surface area contributed by atoms with Crippen molar-refractivity contribution in [3.05, 3.63) is 16.1 Å². The predicted molar refractivity (Wildman–Crippen MR) is 103 cm³/mol. The third-order valence-electron chi connectivity index (χ3n) is 2.78. The zero-order valence-corrected chi connectivity index (χ0v) is 16.6. The standard InChI is InChI=1S/C14H25N5OS.HI/c1-4-7-16-13(20)6-9-18-14(15-3)17-8-5-12-10-21-11(2)19-12;/h10H,4-9H2,1-3H3,(H,16,20)(H2,15,17,18);1H. The quantitative estimate of drug-likeness (QED) is 0.327. The van der Waals surface area contributed by atoms with E-state index in [1.54, 1.807) is 18.4 Å². The molecule has 1 rings (SSSR count). The number of nitrogens with one attached hydrogen (secondary N) is 3. The van der Waals surface area contributed by atoms with Crippen LogP contribution in [0.3, 0.4) is 0 Å². The summed E-state index contributed by atoms with van der Waals surface area (Å²) in [6.07, 6.45) is 2.27. The lowest BCUT2D eigenvalue weighted by Crippen LogP contribution is -2.40. The topological polar surface area (TPSA) is 78.4 Å². The number of thiazole rings is 1. The average molecular weight is 439 g/mol. The molecule has 0 aliphatic carbocycles. The molecule has 0 spiro atoms. The van der Waals surface area contributed by atoms with Crippen molar-refractivity contribution in [2.45, 2.75) is 33.1 Å². The van der Waals surface area contributed by atoms with Crippen LogP contribution >= 0.6 is 35.3 Å². The molecule has 0 fully saturated rings. The molecular weight excluding hydrogens is 413 g/mol. The van der Waals surface area contributed by atoms with Gasteiger partial charge in [-0.2, -0.15) is 0 Å². The number of aromatic nitrogens is 1. The van der Waals surface area contributed by atoms with Gasteiger partial charge in [0.1, 0.15) is 0 Å². The van der Waals surface area contributed by atoms with Gasteiger partial charge >= 0.3 is 0 Å². The molecule has 0 bridgehead atoms. The van der Waals surface area contributed by atoms with E-state index in [4.69, 9.17) is 0 Å². The summed E-state index contributed by atoms with van der Waals surface area (Å²) in [6.45, 7) is 6.12. The Morgan fingerprint density at radius 3 is 2.59 bits per heavy atom. The van der Waals surface area contributed by atoms with Gasteiger partial charge in [-0.1, -0.05) is 6.92 Å². The Kier molecular flexibility index (Phi) is 12.1. The summed E-state index contributed by atoms with van der Waals surface area (Å²) in [5, 5.41) is 12.4. The second-order valence-corrected chi connectivity index (χ2v) is 5.70. The van der Waals surface area contributed by atoms with E-state index in [1.165, 1.54) is 0 Å². The van der Waals surface area contributed by atoms with Crippen molar-refractivity contribution >= 4 is 47.2 Å². The van der Waals surface area contributed by atoms with E-state index in [0.29, 0.717) is 18.9 Å². The van der Waals surface area contributed by atoms with Crippen LogP contribution in [0.1, 0.15) is 30.5 Å². The van der Waals surface area contributed by atoms with E-state index in [-0.39, 0.29) is 29.9 Å². The van der Waals surface area contributed by atoms with Crippen molar-refractivity contribution in [2.24, 2.45) is 4.99 Å². The lowest BCUT2D eigenvalue weighted by Gasteiger charge is -2.11. The predicted octanol–water partition coefficient (Wildman–Crippen LogP) is 1.69. The van der Waals surface area contributed by atoms with E-state index < -0.39 is 0 Å². The SMILES string of the molecule is CCCNC(=O)CCNC(=NC)NCCc1csc(C)n1.I. The highest BCUT2D eigenvalue weighted by Gasteiger charge is 2.02. The maximum atomic E-state index is 11.5. The number of carbonyl (C=O) groups is 1. The van der Waals surface area contributed by atoms with E-state index in [1.807, 2.05) is 13.8 Å². The molecule has 0 aliphatic heterocycles. The maximum Gasteiger partial charge on any atom is 0.221 e. The minimum absolute atomic E-state index is 0. The molecule has 0 aliphatic rings. The Hall–Kier alpha value is -0.900. The number of nitrogens with zero attached hydrogens (tertiary/aromatic N) is 2. The van der Waals surface area contributed by atoms with Gasteiger partial charge in [-0.15, -0.1) is 35.3 Å². The Morgan fingerprint density at radius 1 is 1.27 bits per heavy atom. The second-order valence-electron chi connectivity index (χ2n) is 4.63. The largest absolute Gasteiger partial charge is 0.356 e. The van der Waals surface area contributed by atoms with Gasteiger partial charge in [-0.3, -0.25) is 9.79 Å². The minimum Gasteiger partial charge on any atom is -0.356 e. The highest BCUT2D eigenvalue weighted by atomic mass is 127. The van der Waals surface area contributed by atoms with Gasteiger partial charge in [-0.05, 0) is 13.3 Å². The minimum atomic E-state index is 0. The molecule has 0 atom stereocenters. The summed E-state index contributed by atoms with van der Waals surface area (Å²) in [5.74, 6) is 0.781. The summed E-state index contributed by atoms with van der Waals surface area (Å²) in [5.41, 5.74) is 1.10. The van der Waals surface area contributed by atoms with Gasteiger partial charge in [0.25, 0.3) is 0 Å². The van der Waals surface area contributed by atoms with Crippen LogP contribution < -0.4 is 16.0 Å². The van der Waals surface area contributed by atoms with Crippen LogP contribution in [0, 0.1) is 6.92 Å². The van der Waals surface area contributed by atoms with Crippen molar-refractivity contribution in [1.82, 2.24) is 20.9 Å². The zero-order valence-electron chi connectivity index (χ0n) is 13.4. The number of hydrogen-bond acceptors (Lipinski definition) is 4. The molecule has 6 nitrogen and oxygen atoms in total. The normalized spacial score (nSPS) is 10.8. The fourth-order valence-electron chi connectivity index (χ4n) is 1.70. The van der Waals surface area contributed by atoms with Crippen molar-refractivity contribution in [1.29, 1.82) is 0 Å². The zero-order chi connectivity index (χ0) is 15.5. The number of hydrogen-bond donors (Lipinski definition) is 3. The smallest absolute Gasteiger partial charge is 0.221 e. The van der Waals surface area contributed by atoms with Crippen LogP contribution in [-0.2, 0) is 11.2 Å². The Bertz CT molecular complexity index is 464. The molecule has 0 aromatic carbocycles. The van der Waals surface area contributed by atoms with E-state index in [0.717, 1.165) is 36.6 Å². The first-order chi connectivity index (χ1) is 10.2. The van der Waals surface area contributed by atoms with Crippen molar-refractivity contribution in [3.63, 3.8) is 0 Å². The van der Waals surface area contributed by atoms with Crippen molar-refractivity contribution in [2.75, 3.05) is 26.7 Å². The third-order valence-corrected chi connectivity index (χ3v) is 3.60. The van der Waals surface area contributed by atoms with Crippen LogP contribution in [0.25, 0.3) is 0 Å². The Morgan fingerprint density at radius 2 is 2.00 bits per heavy atom. The molecule has 126 valence electrons. The molecule has 8 heteroatoms. The number of carbonyl (C=O) groups excluding carboxylic acids is 1.